The summed E-state index contributed by atoms with van der Waals surface area (Å²) in [6.45, 7) is 1.02. The molecule has 0 aliphatic carbocycles. The van der Waals surface area contributed by atoms with Crippen molar-refractivity contribution in [3.8, 4) is 0 Å². The van der Waals surface area contributed by atoms with Gasteiger partial charge in [-0.1, -0.05) is 42.5 Å². The Morgan fingerprint density at radius 3 is 2.95 bits per heavy atom. The molecule has 1 heterocycles. The molecule has 108 valence electrons. The van der Waals surface area contributed by atoms with Crippen LogP contribution in [-0.2, 0) is 14.3 Å². The lowest BCUT2D eigenvalue weighted by molar-refractivity contribution is -0.133. The number of ether oxygens (including phenoxy) is 2. The Morgan fingerprint density at radius 1 is 1.40 bits per heavy atom. The van der Waals surface area contributed by atoms with Crippen molar-refractivity contribution in [2.45, 2.75) is 25.0 Å². The predicted octanol–water partition coefficient (Wildman–Crippen LogP) is 1.25. The molecule has 0 aromatic heterocycles. The number of nitrogens with two attached hydrogens (primary N) is 1. The quantitative estimate of drug-likeness (QED) is 0.355. The standard InChI is InChI=1S/C15H20N2O3/c16-17-15(18)14-9-8-13(20-14)11-19-10-4-7-12-5-2-1-3-6-12/h1-7,13-14H,8-11,16H2,(H,17,18). The lowest BCUT2D eigenvalue weighted by atomic mass is 10.2. The maximum atomic E-state index is 11.3. The lowest BCUT2D eigenvalue weighted by Crippen LogP contribution is -2.39. The Bertz CT molecular complexity index is 448. The minimum atomic E-state index is -0.437. The number of benzene rings is 1. The first-order chi connectivity index (χ1) is 9.79. The second kappa shape index (κ2) is 7.79. The first kappa shape index (κ1) is 14.7. The summed E-state index contributed by atoms with van der Waals surface area (Å²) in [5.74, 6) is 4.81. The van der Waals surface area contributed by atoms with Crippen molar-refractivity contribution in [2.75, 3.05) is 13.2 Å². The van der Waals surface area contributed by atoms with E-state index in [1.54, 1.807) is 0 Å². The van der Waals surface area contributed by atoms with Gasteiger partial charge in [-0.05, 0) is 18.4 Å². The predicted molar refractivity (Wildman–Crippen MR) is 76.5 cm³/mol. The number of carbonyl (C=O) groups is 1. The van der Waals surface area contributed by atoms with Crippen molar-refractivity contribution >= 4 is 12.0 Å². The molecule has 1 saturated heterocycles. The zero-order valence-corrected chi connectivity index (χ0v) is 11.3. The average Bonchev–Trinajstić information content (AvgIpc) is 2.96. The molecule has 1 aliphatic rings. The van der Waals surface area contributed by atoms with Gasteiger partial charge in [-0.25, -0.2) is 5.84 Å². The number of carbonyl (C=O) groups excluding carboxylic acids is 1. The monoisotopic (exact) mass is 276 g/mol. The third kappa shape index (κ3) is 4.45. The van der Waals surface area contributed by atoms with Crippen molar-refractivity contribution in [2.24, 2.45) is 5.84 Å². The van der Waals surface area contributed by atoms with Crippen molar-refractivity contribution in [1.29, 1.82) is 0 Å². The van der Waals surface area contributed by atoms with Crippen LogP contribution in [0.1, 0.15) is 18.4 Å². The van der Waals surface area contributed by atoms with Crippen LogP contribution in [-0.4, -0.2) is 31.3 Å². The first-order valence-corrected chi connectivity index (χ1v) is 6.75. The Hall–Kier alpha value is -1.69. The molecule has 2 atom stereocenters. The van der Waals surface area contributed by atoms with Crippen molar-refractivity contribution < 1.29 is 14.3 Å². The molecule has 2 unspecified atom stereocenters. The summed E-state index contributed by atoms with van der Waals surface area (Å²) in [5.41, 5.74) is 3.25. The third-order valence-corrected chi connectivity index (χ3v) is 3.17. The molecule has 1 fully saturated rings. The molecule has 1 aromatic rings. The van der Waals surface area contributed by atoms with E-state index in [9.17, 15) is 4.79 Å². The van der Waals surface area contributed by atoms with Gasteiger partial charge in [-0.3, -0.25) is 10.2 Å². The van der Waals surface area contributed by atoms with Crippen molar-refractivity contribution in [3.05, 3.63) is 42.0 Å². The van der Waals surface area contributed by atoms with Gasteiger partial charge in [0.1, 0.15) is 6.10 Å². The molecule has 5 heteroatoms. The Morgan fingerprint density at radius 2 is 2.20 bits per heavy atom. The Balaban J connectivity index is 1.62. The number of amides is 1. The molecule has 5 nitrogen and oxygen atoms in total. The summed E-state index contributed by atoms with van der Waals surface area (Å²) in [6, 6.07) is 10.0. The van der Waals surface area contributed by atoms with E-state index in [0.29, 0.717) is 19.6 Å². The lowest BCUT2D eigenvalue weighted by Gasteiger charge is -2.12. The average molecular weight is 276 g/mol. The first-order valence-electron chi connectivity index (χ1n) is 6.75. The fraction of sp³-hybridized carbons (Fsp3) is 0.400. The smallest absolute Gasteiger partial charge is 0.263 e. The van der Waals surface area contributed by atoms with E-state index in [0.717, 1.165) is 12.0 Å². The van der Waals surface area contributed by atoms with Gasteiger partial charge in [0.05, 0.1) is 19.3 Å². The van der Waals surface area contributed by atoms with Gasteiger partial charge < -0.3 is 9.47 Å². The second-order valence-electron chi connectivity index (χ2n) is 4.68. The van der Waals surface area contributed by atoms with Crippen LogP contribution in [0.2, 0.25) is 0 Å². The normalized spacial score (nSPS) is 22.2. The van der Waals surface area contributed by atoms with E-state index in [-0.39, 0.29) is 12.0 Å². The van der Waals surface area contributed by atoms with Gasteiger partial charge in [0.2, 0.25) is 0 Å². The Labute approximate surface area is 118 Å². The van der Waals surface area contributed by atoms with E-state index in [4.69, 9.17) is 15.3 Å². The summed E-state index contributed by atoms with van der Waals surface area (Å²) in [4.78, 5) is 11.3. The van der Waals surface area contributed by atoms with Gasteiger partial charge in [-0.15, -0.1) is 0 Å². The van der Waals surface area contributed by atoms with Crippen LogP contribution in [0.5, 0.6) is 0 Å². The van der Waals surface area contributed by atoms with Crippen LogP contribution in [0.25, 0.3) is 6.08 Å². The van der Waals surface area contributed by atoms with Gasteiger partial charge >= 0.3 is 0 Å². The minimum absolute atomic E-state index is 0.0255. The van der Waals surface area contributed by atoms with Gasteiger partial charge in [0, 0.05) is 0 Å². The van der Waals surface area contributed by atoms with Gasteiger partial charge in [0.25, 0.3) is 5.91 Å². The van der Waals surface area contributed by atoms with E-state index < -0.39 is 6.10 Å². The molecule has 0 spiro atoms. The topological polar surface area (TPSA) is 73.6 Å². The van der Waals surface area contributed by atoms with E-state index in [1.807, 2.05) is 42.5 Å². The molecular weight excluding hydrogens is 256 g/mol. The molecule has 0 radical (unpaired) electrons. The number of hydrogen-bond acceptors (Lipinski definition) is 4. The summed E-state index contributed by atoms with van der Waals surface area (Å²) in [5, 5.41) is 0. The molecule has 0 saturated carbocycles. The van der Waals surface area contributed by atoms with Crippen LogP contribution in [0.15, 0.2) is 36.4 Å². The maximum Gasteiger partial charge on any atom is 0.263 e. The van der Waals surface area contributed by atoms with Gasteiger partial charge in [0.15, 0.2) is 0 Å². The van der Waals surface area contributed by atoms with Gasteiger partial charge in [-0.2, -0.15) is 0 Å². The molecular formula is C15H20N2O3. The molecule has 1 aromatic carbocycles. The van der Waals surface area contributed by atoms with Crippen molar-refractivity contribution in [3.63, 3.8) is 0 Å². The van der Waals surface area contributed by atoms with Crippen LogP contribution < -0.4 is 11.3 Å². The van der Waals surface area contributed by atoms with Crippen molar-refractivity contribution in [1.82, 2.24) is 5.43 Å². The fourth-order valence-electron chi connectivity index (χ4n) is 2.13. The highest BCUT2D eigenvalue weighted by Crippen LogP contribution is 2.19. The second-order valence-corrected chi connectivity index (χ2v) is 4.68. The highest BCUT2D eigenvalue weighted by Gasteiger charge is 2.30. The minimum Gasteiger partial charge on any atom is -0.375 e. The largest absolute Gasteiger partial charge is 0.375 e. The van der Waals surface area contributed by atoms with Crippen LogP contribution in [0.4, 0.5) is 0 Å². The van der Waals surface area contributed by atoms with E-state index in [1.165, 1.54) is 0 Å². The highest BCUT2D eigenvalue weighted by atomic mass is 16.5. The summed E-state index contributed by atoms with van der Waals surface area (Å²) in [6.07, 6.45) is 5.03. The van der Waals surface area contributed by atoms with Crippen LogP contribution in [0.3, 0.4) is 0 Å². The maximum absolute atomic E-state index is 11.3. The highest BCUT2D eigenvalue weighted by molar-refractivity contribution is 5.80. The number of nitrogens with one attached hydrogen (secondary N) is 1. The third-order valence-electron chi connectivity index (χ3n) is 3.17. The van der Waals surface area contributed by atoms with E-state index in [2.05, 4.69) is 5.43 Å². The Kier molecular flexibility index (Phi) is 5.73. The molecule has 1 amide bonds. The molecule has 0 bridgehead atoms. The zero-order valence-electron chi connectivity index (χ0n) is 11.3. The fourth-order valence-corrected chi connectivity index (χ4v) is 2.13. The summed E-state index contributed by atoms with van der Waals surface area (Å²) >= 11 is 0. The number of rotatable bonds is 6. The summed E-state index contributed by atoms with van der Waals surface area (Å²) < 4.78 is 11.1. The van der Waals surface area contributed by atoms with Crippen LogP contribution >= 0.6 is 0 Å². The summed E-state index contributed by atoms with van der Waals surface area (Å²) in [7, 11) is 0. The number of hydrazine groups is 1. The molecule has 20 heavy (non-hydrogen) atoms. The number of hydrogen-bond donors (Lipinski definition) is 2. The van der Waals surface area contributed by atoms with Crippen LogP contribution in [0, 0.1) is 0 Å². The molecule has 2 rings (SSSR count). The SMILES string of the molecule is NNC(=O)C1CCC(COCC=Cc2ccccc2)O1. The molecule has 1 aliphatic heterocycles. The molecule has 3 N–H and O–H groups in total. The van der Waals surface area contributed by atoms with E-state index >= 15 is 0 Å². The zero-order chi connectivity index (χ0) is 14.2.